The molecule has 4 N–H and O–H groups in total. The molecule has 0 aromatic heterocycles. The van der Waals surface area contributed by atoms with Crippen molar-refractivity contribution in [3.63, 3.8) is 0 Å². The van der Waals surface area contributed by atoms with Gasteiger partial charge in [0, 0.05) is 12.6 Å². The van der Waals surface area contributed by atoms with Gasteiger partial charge in [-0.3, -0.25) is 9.69 Å². The number of benzene rings is 1. The highest BCUT2D eigenvalue weighted by Gasteiger charge is 2.34. The molecule has 18 heavy (non-hydrogen) atoms. The maximum atomic E-state index is 11.5. The van der Waals surface area contributed by atoms with E-state index in [-0.39, 0.29) is 18.0 Å². The maximum absolute atomic E-state index is 11.5. The number of likely N-dealkylation sites (tertiary alicyclic amines) is 1. The Hall–Kier alpha value is -1.39. The number of amides is 1. The van der Waals surface area contributed by atoms with Crippen LogP contribution < -0.4 is 11.5 Å². The quantitative estimate of drug-likeness (QED) is 0.832. The molecule has 0 spiro atoms. The highest BCUT2D eigenvalue weighted by molar-refractivity contribution is 5.80. The lowest BCUT2D eigenvalue weighted by atomic mass is 10.0. The fourth-order valence-electron chi connectivity index (χ4n) is 2.81. The normalized spacial score (nSPS) is 22.0. The van der Waals surface area contributed by atoms with Crippen molar-refractivity contribution < 1.29 is 4.79 Å². The zero-order chi connectivity index (χ0) is 13.1. The minimum absolute atomic E-state index is 0.0879. The molecule has 1 heterocycles. The number of hydrogen-bond acceptors (Lipinski definition) is 3. The average Bonchev–Trinajstić information content (AvgIpc) is 2.79. The molecule has 1 aromatic rings. The van der Waals surface area contributed by atoms with Gasteiger partial charge in [0.25, 0.3) is 0 Å². The molecule has 0 radical (unpaired) electrons. The van der Waals surface area contributed by atoms with Crippen molar-refractivity contribution in [2.24, 2.45) is 11.5 Å². The standard InChI is InChI=1S/C14H21N3O/c1-10-4-2-5-11(8-10)13(9-15)17-7-3-6-12(17)14(16)18/h2,4-5,8,12-13H,3,6-7,9,15H2,1H3,(H2,16,18). The number of carbonyl (C=O) groups excluding carboxylic acids is 1. The van der Waals surface area contributed by atoms with E-state index < -0.39 is 0 Å². The van der Waals surface area contributed by atoms with Gasteiger partial charge in [0.15, 0.2) is 0 Å². The Kier molecular flexibility index (Phi) is 3.99. The molecule has 4 nitrogen and oxygen atoms in total. The Morgan fingerprint density at radius 1 is 1.56 bits per heavy atom. The molecule has 1 aliphatic heterocycles. The highest BCUT2D eigenvalue weighted by Crippen LogP contribution is 2.29. The Morgan fingerprint density at radius 2 is 2.33 bits per heavy atom. The molecule has 0 aliphatic carbocycles. The van der Waals surface area contributed by atoms with E-state index in [0.29, 0.717) is 6.54 Å². The average molecular weight is 247 g/mol. The van der Waals surface area contributed by atoms with Crippen LogP contribution in [-0.2, 0) is 4.79 Å². The van der Waals surface area contributed by atoms with Crippen LogP contribution in [0.15, 0.2) is 24.3 Å². The lowest BCUT2D eigenvalue weighted by Crippen LogP contribution is -2.44. The van der Waals surface area contributed by atoms with Gasteiger partial charge in [-0.1, -0.05) is 29.8 Å². The molecule has 2 unspecified atom stereocenters. The van der Waals surface area contributed by atoms with Gasteiger partial charge in [0.05, 0.1) is 6.04 Å². The first-order valence-corrected chi connectivity index (χ1v) is 6.45. The number of nitrogens with two attached hydrogens (primary N) is 2. The zero-order valence-electron chi connectivity index (χ0n) is 10.8. The third kappa shape index (κ3) is 2.54. The first-order valence-electron chi connectivity index (χ1n) is 6.45. The summed E-state index contributed by atoms with van der Waals surface area (Å²) in [5.41, 5.74) is 13.8. The number of hydrogen-bond donors (Lipinski definition) is 2. The second-order valence-electron chi connectivity index (χ2n) is 4.96. The summed E-state index contributed by atoms with van der Waals surface area (Å²) in [7, 11) is 0. The van der Waals surface area contributed by atoms with Gasteiger partial charge >= 0.3 is 0 Å². The summed E-state index contributed by atoms with van der Waals surface area (Å²) in [6.07, 6.45) is 1.85. The summed E-state index contributed by atoms with van der Waals surface area (Å²) < 4.78 is 0. The van der Waals surface area contributed by atoms with E-state index in [4.69, 9.17) is 11.5 Å². The number of rotatable bonds is 4. The van der Waals surface area contributed by atoms with Crippen molar-refractivity contribution in [2.45, 2.75) is 31.8 Å². The minimum Gasteiger partial charge on any atom is -0.368 e. The Bertz CT molecular complexity index is 433. The second-order valence-corrected chi connectivity index (χ2v) is 4.96. The lowest BCUT2D eigenvalue weighted by molar-refractivity contribution is -0.122. The van der Waals surface area contributed by atoms with Crippen molar-refractivity contribution in [2.75, 3.05) is 13.1 Å². The van der Waals surface area contributed by atoms with Crippen molar-refractivity contribution >= 4 is 5.91 Å². The van der Waals surface area contributed by atoms with Crippen molar-refractivity contribution in [1.29, 1.82) is 0 Å². The Balaban J connectivity index is 2.25. The van der Waals surface area contributed by atoms with Gasteiger partial charge in [0.1, 0.15) is 0 Å². The summed E-state index contributed by atoms with van der Waals surface area (Å²) in [4.78, 5) is 13.6. The van der Waals surface area contributed by atoms with E-state index in [2.05, 4.69) is 30.0 Å². The molecule has 1 saturated heterocycles. The van der Waals surface area contributed by atoms with Gasteiger partial charge in [0.2, 0.25) is 5.91 Å². The van der Waals surface area contributed by atoms with E-state index in [9.17, 15) is 4.79 Å². The minimum atomic E-state index is -0.237. The number of aryl methyl sites for hydroxylation is 1. The maximum Gasteiger partial charge on any atom is 0.234 e. The van der Waals surface area contributed by atoms with E-state index >= 15 is 0 Å². The van der Waals surface area contributed by atoms with Crippen LogP contribution in [0.5, 0.6) is 0 Å². The van der Waals surface area contributed by atoms with Gasteiger partial charge in [-0.15, -0.1) is 0 Å². The van der Waals surface area contributed by atoms with E-state index in [1.807, 2.05) is 6.07 Å². The van der Waals surface area contributed by atoms with Crippen LogP contribution in [0.25, 0.3) is 0 Å². The molecule has 0 saturated carbocycles. The molecule has 1 amide bonds. The summed E-state index contributed by atoms with van der Waals surface area (Å²) >= 11 is 0. The molecule has 1 aliphatic rings. The van der Waals surface area contributed by atoms with Crippen LogP contribution in [0.2, 0.25) is 0 Å². The summed E-state index contributed by atoms with van der Waals surface area (Å²) in [6.45, 7) is 3.46. The molecule has 98 valence electrons. The molecule has 2 atom stereocenters. The number of carbonyl (C=O) groups is 1. The van der Waals surface area contributed by atoms with Crippen LogP contribution in [0.4, 0.5) is 0 Å². The van der Waals surface area contributed by atoms with Crippen molar-refractivity contribution in [1.82, 2.24) is 4.90 Å². The second kappa shape index (κ2) is 5.50. The van der Waals surface area contributed by atoms with Crippen LogP contribution in [0.1, 0.15) is 30.0 Å². The van der Waals surface area contributed by atoms with Gasteiger partial charge < -0.3 is 11.5 Å². The molecular weight excluding hydrogens is 226 g/mol. The van der Waals surface area contributed by atoms with Crippen LogP contribution >= 0.6 is 0 Å². The first kappa shape index (κ1) is 13.1. The zero-order valence-corrected chi connectivity index (χ0v) is 10.8. The van der Waals surface area contributed by atoms with Gasteiger partial charge in [-0.2, -0.15) is 0 Å². The first-order chi connectivity index (χ1) is 8.63. The van der Waals surface area contributed by atoms with Crippen LogP contribution in [0.3, 0.4) is 0 Å². The largest absolute Gasteiger partial charge is 0.368 e. The highest BCUT2D eigenvalue weighted by atomic mass is 16.1. The fourth-order valence-corrected chi connectivity index (χ4v) is 2.81. The smallest absolute Gasteiger partial charge is 0.234 e. The van der Waals surface area contributed by atoms with Crippen molar-refractivity contribution in [3.05, 3.63) is 35.4 Å². The lowest BCUT2D eigenvalue weighted by Gasteiger charge is -2.31. The number of primary amides is 1. The third-order valence-corrected chi connectivity index (χ3v) is 3.67. The predicted octanol–water partition coefficient (Wildman–Crippen LogP) is 0.945. The topological polar surface area (TPSA) is 72.3 Å². The van der Waals surface area contributed by atoms with Crippen molar-refractivity contribution in [3.8, 4) is 0 Å². The van der Waals surface area contributed by atoms with E-state index in [1.165, 1.54) is 11.1 Å². The summed E-state index contributed by atoms with van der Waals surface area (Å²) in [6, 6.07) is 8.22. The summed E-state index contributed by atoms with van der Waals surface area (Å²) in [5, 5.41) is 0. The Morgan fingerprint density at radius 3 is 2.94 bits per heavy atom. The van der Waals surface area contributed by atoms with Crippen LogP contribution in [0, 0.1) is 6.92 Å². The summed E-state index contributed by atoms with van der Waals surface area (Å²) in [5.74, 6) is -0.237. The molecule has 4 heteroatoms. The molecule has 2 rings (SSSR count). The van der Waals surface area contributed by atoms with E-state index in [1.54, 1.807) is 0 Å². The molecule has 1 aromatic carbocycles. The van der Waals surface area contributed by atoms with E-state index in [0.717, 1.165) is 19.4 Å². The molecule has 0 bridgehead atoms. The van der Waals surface area contributed by atoms with Gasteiger partial charge in [-0.25, -0.2) is 0 Å². The molecule has 1 fully saturated rings. The fraction of sp³-hybridized carbons (Fsp3) is 0.500. The molecular formula is C14H21N3O. The SMILES string of the molecule is Cc1cccc(C(CN)N2CCCC2C(N)=O)c1. The Labute approximate surface area is 108 Å². The number of nitrogens with zero attached hydrogens (tertiary/aromatic N) is 1. The third-order valence-electron chi connectivity index (χ3n) is 3.67. The van der Waals surface area contributed by atoms with Crippen LogP contribution in [-0.4, -0.2) is 29.9 Å². The van der Waals surface area contributed by atoms with Gasteiger partial charge in [-0.05, 0) is 31.9 Å². The predicted molar refractivity (Wildman–Crippen MR) is 71.9 cm³/mol. The monoisotopic (exact) mass is 247 g/mol.